The summed E-state index contributed by atoms with van der Waals surface area (Å²) < 4.78 is 29.0. The van der Waals surface area contributed by atoms with E-state index in [1.807, 2.05) is 6.92 Å². The van der Waals surface area contributed by atoms with Crippen LogP contribution in [0.4, 0.5) is 0 Å². The van der Waals surface area contributed by atoms with Crippen LogP contribution < -0.4 is 10.5 Å². The van der Waals surface area contributed by atoms with Crippen LogP contribution in [0.3, 0.4) is 0 Å². The molecule has 0 atom stereocenters. The second-order valence-electron chi connectivity index (χ2n) is 5.18. The first-order valence-electron chi connectivity index (χ1n) is 6.95. The Morgan fingerprint density at radius 1 is 1.52 bits per heavy atom. The number of piperidine rings is 1. The van der Waals surface area contributed by atoms with Crippen molar-refractivity contribution in [3.8, 4) is 0 Å². The maximum absolute atomic E-state index is 12.2. The van der Waals surface area contributed by atoms with E-state index in [9.17, 15) is 8.42 Å². The van der Waals surface area contributed by atoms with Gasteiger partial charge in [0.25, 0.3) is 10.0 Å². The molecule has 1 saturated heterocycles. The lowest BCUT2D eigenvalue weighted by molar-refractivity contribution is 0.232. The van der Waals surface area contributed by atoms with Crippen molar-refractivity contribution in [1.29, 1.82) is 0 Å². The molecule has 1 aliphatic heterocycles. The predicted octanol–water partition coefficient (Wildman–Crippen LogP) is -0.0682. The fourth-order valence-electron chi connectivity index (χ4n) is 2.36. The topological polar surface area (TPSA) is 93.2 Å². The van der Waals surface area contributed by atoms with Crippen LogP contribution in [-0.2, 0) is 16.6 Å². The summed E-state index contributed by atoms with van der Waals surface area (Å²) in [4.78, 5) is 6.56. The molecule has 9 heteroatoms. The standard InChI is InChI=1S/C12H21N5O2S2/c1-2-16-8-12(14-9-16)21(18,19)15-10-3-5-17(6-4-10)7-11(13)20/h8-10,15H,2-7H2,1H3,(H2,13,20). The lowest BCUT2D eigenvalue weighted by Gasteiger charge is -2.31. The minimum Gasteiger partial charge on any atom is -0.392 e. The summed E-state index contributed by atoms with van der Waals surface area (Å²) in [6, 6.07) is -0.0654. The Balaban J connectivity index is 1.91. The van der Waals surface area contributed by atoms with E-state index < -0.39 is 10.0 Å². The van der Waals surface area contributed by atoms with Gasteiger partial charge in [-0.15, -0.1) is 0 Å². The van der Waals surface area contributed by atoms with Crippen LogP contribution in [0.5, 0.6) is 0 Å². The molecule has 0 aromatic carbocycles. The lowest BCUT2D eigenvalue weighted by Crippen LogP contribution is -2.46. The van der Waals surface area contributed by atoms with Crippen molar-refractivity contribution in [2.24, 2.45) is 5.73 Å². The Labute approximate surface area is 130 Å². The molecular weight excluding hydrogens is 310 g/mol. The number of nitrogens with zero attached hydrogens (tertiary/aromatic N) is 3. The smallest absolute Gasteiger partial charge is 0.259 e. The van der Waals surface area contributed by atoms with Gasteiger partial charge < -0.3 is 10.3 Å². The number of likely N-dealkylation sites (tertiary alicyclic amines) is 1. The van der Waals surface area contributed by atoms with Crippen molar-refractivity contribution < 1.29 is 8.42 Å². The van der Waals surface area contributed by atoms with Crippen molar-refractivity contribution in [2.45, 2.75) is 37.4 Å². The first kappa shape index (κ1) is 16.3. The minimum absolute atomic E-state index is 0.0654. The van der Waals surface area contributed by atoms with E-state index in [4.69, 9.17) is 18.0 Å². The van der Waals surface area contributed by atoms with Crippen molar-refractivity contribution in [3.63, 3.8) is 0 Å². The van der Waals surface area contributed by atoms with Crippen LogP contribution in [-0.4, -0.2) is 53.5 Å². The Kier molecular flexibility index (Phi) is 5.31. The minimum atomic E-state index is -3.54. The highest BCUT2D eigenvalue weighted by Crippen LogP contribution is 2.14. The number of hydrogen-bond donors (Lipinski definition) is 2. The predicted molar refractivity (Wildman–Crippen MR) is 84.5 cm³/mol. The highest BCUT2D eigenvalue weighted by molar-refractivity contribution is 7.89. The van der Waals surface area contributed by atoms with E-state index in [1.54, 1.807) is 10.8 Å². The summed E-state index contributed by atoms with van der Waals surface area (Å²) >= 11 is 4.89. The van der Waals surface area contributed by atoms with Crippen LogP contribution in [0.15, 0.2) is 17.6 Å². The van der Waals surface area contributed by atoms with Gasteiger partial charge in [0.2, 0.25) is 0 Å². The van der Waals surface area contributed by atoms with Gasteiger partial charge in [0.1, 0.15) is 0 Å². The Hall–Kier alpha value is -1.03. The monoisotopic (exact) mass is 331 g/mol. The first-order valence-corrected chi connectivity index (χ1v) is 8.84. The van der Waals surface area contributed by atoms with Crippen molar-refractivity contribution in [3.05, 3.63) is 12.5 Å². The molecule has 0 saturated carbocycles. The zero-order valence-electron chi connectivity index (χ0n) is 12.0. The highest BCUT2D eigenvalue weighted by Gasteiger charge is 2.26. The van der Waals surface area contributed by atoms with Gasteiger partial charge in [-0.05, 0) is 19.8 Å². The van der Waals surface area contributed by atoms with E-state index in [-0.39, 0.29) is 11.1 Å². The quantitative estimate of drug-likeness (QED) is 0.709. The molecule has 1 aliphatic rings. The number of rotatable bonds is 6. The molecule has 1 aromatic rings. The maximum Gasteiger partial charge on any atom is 0.259 e. The number of nitrogens with one attached hydrogen (secondary N) is 1. The lowest BCUT2D eigenvalue weighted by atomic mass is 10.1. The van der Waals surface area contributed by atoms with Crippen LogP contribution in [0.2, 0.25) is 0 Å². The van der Waals surface area contributed by atoms with E-state index in [2.05, 4.69) is 14.6 Å². The molecule has 1 aromatic heterocycles. The number of thiocarbonyl (C=S) groups is 1. The van der Waals surface area contributed by atoms with Gasteiger partial charge in [-0.1, -0.05) is 12.2 Å². The zero-order valence-corrected chi connectivity index (χ0v) is 13.7. The van der Waals surface area contributed by atoms with Gasteiger partial charge >= 0.3 is 0 Å². The second kappa shape index (κ2) is 6.82. The molecule has 1 fully saturated rings. The summed E-state index contributed by atoms with van der Waals surface area (Å²) in [6.07, 6.45) is 4.57. The molecule has 118 valence electrons. The van der Waals surface area contributed by atoms with Crippen molar-refractivity contribution in [1.82, 2.24) is 19.2 Å². The fourth-order valence-corrected chi connectivity index (χ4v) is 3.80. The molecule has 2 heterocycles. The molecule has 0 unspecified atom stereocenters. The van der Waals surface area contributed by atoms with Gasteiger partial charge in [0.15, 0.2) is 5.03 Å². The molecule has 21 heavy (non-hydrogen) atoms. The number of hydrogen-bond acceptors (Lipinski definition) is 5. The van der Waals surface area contributed by atoms with E-state index in [0.717, 1.165) is 25.9 Å². The Morgan fingerprint density at radius 2 is 2.19 bits per heavy atom. The first-order chi connectivity index (χ1) is 9.90. The van der Waals surface area contributed by atoms with Crippen LogP contribution in [0.25, 0.3) is 0 Å². The molecule has 0 amide bonds. The van der Waals surface area contributed by atoms with E-state index in [0.29, 0.717) is 18.1 Å². The molecule has 2 rings (SSSR count). The summed E-state index contributed by atoms with van der Waals surface area (Å²) in [5.41, 5.74) is 5.52. The van der Waals surface area contributed by atoms with Crippen molar-refractivity contribution in [2.75, 3.05) is 19.6 Å². The molecule has 0 radical (unpaired) electrons. The SMILES string of the molecule is CCn1cnc(S(=O)(=O)NC2CCN(CC(N)=S)CC2)c1. The van der Waals surface area contributed by atoms with Crippen LogP contribution >= 0.6 is 12.2 Å². The third-order valence-corrected chi connectivity index (χ3v) is 5.07. The van der Waals surface area contributed by atoms with Gasteiger partial charge in [0.05, 0.1) is 11.3 Å². The molecule has 7 nitrogen and oxygen atoms in total. The number of aryl methyl sites for hydroxylation is 1. The van der Waals surface area contributed by atoms with E-state index >= 15 is 0 Å². The van der Waals surface area contributed by atoms with Gasteiger partial charge in [-0.2, -0.15) is 0 Å². The largest absolute Gasteiger partial charge is 0.392 e. The summed E-state index contributed by atoms with van der Waals surface area (Å²) in [6.45, 7) is 4.79. The highest BCUT2D eigenvalue weighted by atomic mass is 32.2. The third kappa shape index (κ3) is 4.47. The molecular formula is C12H21N5O2S2. The van der Waals surface area contributed by atoms with Gasteiger partial charge in [-0.3, -0.25) is 4.90 Å². The number of nitrogens with two attached hydrogens (primary N) is 1. The van der Waals surface area contributed by atoms with Gasteiger partial charge in [0, 0.05) is 38.4 Å². The molecule has 0 spiro atoms. The molecule has 3 N–H and O–H groups in total. The average Bonchev–Trinajstić information content (AvgIpc) is 2.90. The zero-order chi connectivity index (χ0) is 15.5. The second-order valence-corrected chi connectivity index (χ2v) is 7.37. The van der Waals surface area contributed by atoms with Crippen LogP contribution in [0, 0.1) is 0 Å². The normalized spacial score (nSPS) is 18.0. The molecule has 0 bridgehead atoms. The number of aromatic nitrogens is 2. The van der Waals surface area contributed by atoms with Crippen LogP contribution in [0.1, 0.15) is 19.8 Å². The maximum atomic E-state index is 12.2. The van der Waals surface area contributed by atoms with E-state index in [1.165, 1.54) is 6.33 Å². The Morgan fingerprint density at radius 3 is 2.71 bits per heavy atom. The summed E-state index contributed by atoms with van der Waals surface area (Å²) in [7, 11) is -3.54. The molecule has 0 aliphatic carbocycles. The van der Waals surface area contributed by atoms with Crippen molar-refractivity contribution >= 4 is 27.2 Å². The number of imidazole rings is 1. The number of sulfonamides is 1. The summed E-state index contributed by atoms with van der Waals surface area (Å²) in [5, 5.41) is 0.0786. The fraction of sp³-hybridized carbons (Fsp3) is 0.667. The van der Waals surface area contributed by atoms with Gasteiger partial charge in [-0.25, -0.2) is 18.1 Å². The Bertz CT molecular complexity index is 591. The third-order valence-electron chi connectivity index (χ3n) is 3.54. The summed E-state index contributed by atoms with van der Waals surface area (Å²) in [5.74, 6) is 0. The average molecular weight is 331 g/mol.